The molecule has 0 fully saturated rings. The predicted octanol–water partition coefficient (Wildman–Crippen LogP) is 4.71. The number of amides is 1. The van der Waals surface area contributed by atoms with Gasteiger partial charge < -0.3 is 5.32 Å². The molecule has 1 aromatic carbocycles. The average molecular weight is 360 g/mol. The fourth-order valence-electron chi connectivity index (χ4n) is 1.46. The highest BCUT2D eigenvalue weighted by Crippen LogP contribution is 2.33. The van der Waals surface area contributed by atoms with E-state index in [1.54, 1.807) is 30.5 Å². The van der Waals surface area contributed by atoms with Crippen LogP contribution in [0.2, 0.25) is 10.0 Å². The van der Waals surface area contributed by atoms with Crippen molar-refractivity contribution in [1.82, 2.24) is 4.98 Å². The topological polar surface area (TPSA) is 42.0 Å². The second-order valence-electron chi connectivity index (χ2n) is 3.87. The molecule has 98 valence electrons. The van der Waals surface area contributed by atoms with Gasteiger partial charge in [0.05, 0.1) is 15.7 Å². The number of benzene rings is 1. The molecule has 6 heteroatoms. The van der Waals surface area contributed by atoms with Crippen LogP contribution in [0.5, 0.6) is 0 Å². The Morgan fingerprint density at radius 1 is 1.26 bits per heavy atom. The van der Waals surface area contributed by atoms with Crippen LogP contribution in [0.4, 0.5) is 5.69 Å². The summed E-state index contributed by atoms with van der Waals surface area (Å²) >= 11 is 15.4. The molecule has 1 aromatic heterocycles. The number of nitrogens with one attached hydrogen (secondary N) is 1. The lowest BCUT2D eigenvalue weighted by Gasteiger charge is -2.10. The van der Waals surface area contributed by atoms with E-state index >= 15 is 0 Å². The molecule has 0 atom stereocenters. The molecule has 0 bridgehead atoms. The number of carbonyl (C=O) groups excluding carboxylic acids is 1. The van der Waals surface area contributed by atoms with Crippen molar-refractivity contribution in [2.75, 3.05) is 5.32 Å². The highest BCUT2D eigenvalue weighted by atomic mass is 79.9. The van der Waals surface area contributed by atoms with Crippen molar-refractivity contribution < 1.29 is 4.79 Å². The van der Waals surface area contributed by atoms with Crippen LogP contribution in [0.15, 0.2) is 34.9 Å². The molecule has 19 heavy (non-hydrogen) atoms. The Morgan fingerprint density at radius 3 is 2.63 bits per heavy atom. The Bertz CT molecular complexity index is 629. The van der Waals surface area contributed by atoms with Crippen molar-refractivity contribution in [1.29, 1.82) is 0 Å². The van der Waals surface area contributed by atoms with Gasteiger partial charge in [0.15, 0.2) is 0 Å². The Balaban J connectivity index is 2.29. The lowest BCUT2D eigenvalue weighted by Crippen LogP contribution is -2.14. The minimum Gasteiger partial charge on any atom is -0.318 e. The molecule has 1 amide bonds. The molecule has 0 spiro atoms. The minimum atomic E-state index is -0.359. The van der Waals surface area contributed by atoms with Gasteiger partial charge in [-0.25, -0.2) is 4.98 Å². The first-order valence-corrected chi connectivity index (χ1v) is 6.91. The molecule has 0 aliphatic rings. The third kappa shape index (κ3) is 3.26. The molecule has 3 nitrogen and oxygen atoms in total. The van der Waals surface area contributed by atoms with E-state index in [2.05, 4.69) is 26.2 Å². The summed E-state index contributed by atoms with van der Waals surface area (Å²) in [5.74, 6) is -0.359. The second-order valence-corrected chi connectivity index (χ2v) is 5.57. The molecule has 0 saturated heterocycles. The zero-order chi connectivity index (χ0) is 14.0. The van der Waals surface area contributed by atoms with Crippen LogP contribution in [0, 0.1) is 6.92 Å². The van der Waals surface area contributed by atoms with Crippen LogP contribution in [0.3, 0.4) is 0 Å². The first-order chi connectivity index (χ1) is 8.99. The van der Waals surface area contributed by atoms with Gasteiger partial charge in [-0.2, -0.15) is 0 Å². The van der Waals surface area contributed by atoms with Crippen LogP contribution in [0.1, 0.15) is 16.1 Å². The molecule has 0 aliphatic heterocycles. The summed E-state index contributed by atoms with van der Waals surface area (Å²) in [5.41, 5.74) is 1.53. The number of hydrogen-bond acceptors (Lipinski definition) is 2. The van der Waals surface area contributed by atoms with Crippen molar-refractivity contribution in [2.45, 2.75) is 6.92 Å². The maximum absolute atomic E-state index is 12.0. The van der Waals surface area contributed by atoms with Gasteiger partial charge in [-0.1, -0.05) is 29.3 Å². The molecule has 0 radical (unpaired) electrons. The van der Waals surface area contributed by atoms with Crippen LogP contribution in [0.25, 0.3) is 0 Å². The molecular weight excluding hydrogens is 351 g/mol. The first kappa shape index (κ1) is 14.3. The van der Waals surface area contributed by atoms with Gasteiger partial charge in [-0.3, -0.25) is 4.79 Å². The van der Waals surface area contributed by atoms with Crippen molar-refractivity contribution in [3.05, 3.63) is 56.2 Å². The van der Waals surface area contributed by atoms with Crippen molar-refractivity contribution in [2.24, 2.45) is 0 Å². The second kappa shape index (κ2) is 5.90. The summed E-state index contributed by atoms with van der Waals surface area (Å²) in [6.07, 6.45) is 1.55. The standard InChI is InChI=1S/C13H9BrCl2N2O/c1-7-2-4-9(15)12(11(7)16)18-13(19)10-5-3-8(14)6-17-10/h2-6H,1H3,(H,18,19). The summed E-state index contributed by atoms with van der Waals surface area (Å²) in [6.45, 7) is 1.84. The summed E-state index contributed by atoms with van der Waals surface area (Å²) in [7, 11) is 0. The molecule has 0 unspecified atom stereocenters. The number of halogens is 3. The number of anilines is 1. The summed E-state index contributed by atoms with van der Waals surface area (Å²) < 4.78 is 0.802. The Hall–Kier alpha value is -1.10. The number of aryl methyl sites for hydroxylation is 1. The van der Waals surface area contributed by atoms with E-state index in [1.807, 2.05) is 6.92 Å². The molecule has 1 N–H and O–H groups in total. The molecule has 1 heterocycles. The lowest BCUT2D eigenvalue weighted by molar-refractivity contribution is 0.102. The van der Waals surface area contributed by atoms with Gasteiger partial charge >= 0.3 is 0 Å². The van der Waals surface area contributed by atoms with Crippen LogP contribution < -0.4 is 5.32 Å². The van der Waals surface area contributed by atoms with Gasteiger partial charge in [0, 0.05) is 10.7 Å². The molecular formula is C13H9BrCl2N2O. The van der Waals surface area contributed by atoms with E-state index in [0.29, 0.717) is 15.7 Å². The third-order valence-corrected chi connectivity index (χ3v) is 3.75. The first-order valence-electron chi connectivity index (χ1n) is 5.36. The fraction of sp³-hybridized carbons (Fsp3) is 0.0769. The molecule has 2 rings (SSSR count). The normalized spacial score (nSPS) is 10.3. The van der Waals surface area contributed by atoms with Gasteiger partial charge in [-0.05, 0) is 46.6 Å². The largest absolute Gasteiger partial charge is 0.318 e. The number of hydrogen-bond donors (Lipinski definition) is 1. The number of nitrogens with zero attached hydrogens (tertiary/aromatic N) is 1. The van der Waals surface area contributed by atoms with Crippen molar-refractivity contribution in [3.63, 3.8) is 0 Å². The van der Waals surface area contributed by atoms with E-state index in [0.717, 1.165) is 10.0 Å². The van der Waals surface area contributed by atoms with Crippen LogP contribution >= 0.6 is 39.1 Å². The molecule has 2 aromatic rings. The molecule has 0 saturated carbocycles. The Morgan fingerprint density at radius 2 is 2.00 bits per heavy atom. The average Bonchev–Trinajstić information content (AvgIpc) is 2.40. The Kier molecular flexibility index (Phi) is 4.45. The third-order valence-electron chi connectivity index (χ3n) is 2.48. The number of aromatic nitrogens is 1. The van der Waals surface area contributed by atoms with E-state index < -0.39 is 0 Å². The van der Waals surface area contributed by atoms with Gasteiger partial charge in [0.1, 0.15) is 5.69 Å². The zero-order valence-corrected chi connectivity index (χ0v) is 13.0. The lowest BCUT2D eigenvalue weighted by atomic mass is 10.2. The number of carbonyl (C=O) groups is 1. The van der Waals surface area contributed by atoms with Crippen molar-refractivity contribution in [3.8, 4) is 0 Å². The Labute approximate surface area is 129 Å². The van der Waals surface area contributed by atoms with E-state index in [9.17, 15) is 4.79 Å². The van der Waals surface area contributed by atoms with E-state index in [4.69, 9.17) is 23.2 Å². The highest BCUT2D eigenvalue weighted by molar-refractivity contribution is 9.10. The maximum Gasteiger partial charge on any atom is 0.274 e. The number of rotatable bonds is 2. The van der Waals surface area contributed by atoms with Crippen LogP contribution in [-0.2, 0) is 0 Å². The SMILES string of the molecule is Cc1ccc(Cl)c(NC(=O)c2ccc(Br)cn2)c1Cl. The van der Waals surface area contributed by atoms with Crippen LogP contribution in [-0.4, -0.2) is 10.9 Å². The smallest absolute Gasteiger partial charge is 0.274 e. The number of pyridine rings is 1. The zero-order valence-electron chi connectivity index (χ0n) is 9.88. The summed E-state index contributed by atoms with van der Waals surface area (Å²) in [6, 6.07) is 6.82. The monoisotopic (exact) mass is 358 g/mol. The summed E-state index contributed by atoms with van der Waals surface area (Å²) in [5, 5.41) is 3.49. The van der Waals surface area contributed by atoms with Gasteiger partial charge in [-0.15, -0.1) is 0 Å². The van der Waals surface area contributed by atoms with E-state index in [1.165, 1.54) is 0 Å². The fourth-order valence-corrected chi connectivity index (χ4v) is 2.16. The van der Waals surface area contributed by atoms with Crippen molar-refractivity contribution >= 4 is 50.7 Å². The summed E-state index contributed by atoms with van der Waals surface area (Å²) in [4.78, 5) is 16.0. The van der Waals surface area contributed by atoms with Gasteiger partial charge in [0.25, 0.3) is 5.91 Å². The minimum absolute atomic E-state index is 0.289. The molecule has 0 aliphatic carbocycles. The quantitative estimate of drug-likeness (QED) is 0.843. The van der Waals surface area contributed by atoms with E-state index in [-0.39, 0.29) is 11.6 Å². The predicted molar refractivity (Wildman–Crippen MR) is 81.1 cm³/mol. The highest BCUT2D eigenvalue weighted by Gasteiger charge is 2.13. The maximum atomic E-state index is 12.0. The van der Waals surface area contributed by atoms with Gasteiger partial charge in [0.2, 0.25) is 0 Å².